The van der Waals surface area contributed by atoms with E-state index in [4.69, 9.17) is 11.9 Å². The van der Waals surface area contributed by atoms with Gasteiger partial charge in [0.2, 0.25) is 0 Å². The van der Waals surface area contributed by atoms with Gasteiger partial charge in [-0.3, -0.25) is 0 Å². The Labute approximate surface area is 92.2 Å². The number of phenolic OH excluding ortho intramolecular Hbond substituents is 2. The average molecular weight is 231 g/mol. The van der Waals surface area contributed by atoms with Crippen molar-refractivity contribution in [2.24, 2.45) is 0 Å². The first kappa shape index (κ1) is 11.7. The maximum absolute atomic E-state index is 11.2. The van der Waals surface area contributed by atoms with Crippen LogP contribution in [0.25, 0.3) is 0 Å². The molecular formula is C10H11ClO4. The Morgan fingerprint density at radius 2 is 1.60 bits per heavy atom. The summed E-state index contributed by atoms with van der Waals surface area (Å²) in [6, 6.07) is 0. The second-order valence-electron chi connectivity index (χ2n) is 3.31. The van der Waals surface area contributed by atoms with Crippen LogP contribution in [-0.4, -0.2) is 16.2 Å². The van der Waals surface area contributed by atoms with Gasteiger partial charge < -0.3 is 14.5 Å². The van der Waals surface area contributed by atoms with Gasteiger partial charge in [-0.15, -0.1) is 0 Å². The SMILES string of the molecule is Cc1c(C)c(O)c(O)c(C(=O)OCl)c1C. The Morgan fingerprint density at radius 1 is 1.07 bits per heavy atom. The summed E-state index contributed by atoms with van der Waals surface area (Å²) in [6.07, 6.45) is 0. The van der Waals surface area contributed by atoms with Crippen LogP contribution >= 0.6 is 11.9 Å². The fraction of sp³-hybridized carbons (Fsp3) is 0.300. The van der Waals surface area contributed by atoms with E-state index in [2.05, 4.69) is 4.29 Å². The third kappa shape index (κ3) is 1.72. The molecule has 0 saturated heterocycles. The van der Waals surface area contributed by atoms with Crippen molar-refractivity contribution in [3.8, 4) is 11.5 Å². The normalized spacial score (nSPS) is 10.1. The van der Waals surface area contributed by atoms with E-state index in [0.717, 1.165) is 0 Å². The molecule has 0 amide bonds. The first-order chi connectivity index (χ1) is 6.91. The molecule has 1 rings (SSSR count). The molecule has 4 nitrogen and oxygen atoms in total. The molecule has 82 valence electrons. The molecule has 0 fully saturated rings. The van der Waals surface area contributed by atoms with Crippen LogP contribution in [0.3, 0.4) is 0 Å². The highest BCUT2D eigenvalue weighted by Crippen LogP contribution is 2.37. The van der Waals surface area contributed by atoms with Crippen LogP contribution < -0.4 is 0 Å². The minimum absolute atomic E-state index is 0.106. The lowest BCUT2D eigenvalue weighted by Gasteiger charge is -2.13. The first-order valence-corrected chi connectivity index (χ1v) is 4.57. The van der Waals surface area contributed by atoms with Gasteiger partial charge in [0, 0.05) is 0 Å². The zero-order valence-electron chi connectivity index (χ0n) is 8.59. The van der Waals surface area contributed by atoms with Crippen molar-refractivity contribution in [1.29, 1.82) is 0 Å². The predicted octanol–water partition coefficient (Wildman–Crippen LogP) is 2.33. The number of hydrogen-bond donors (Lipinski definition) is 2. The Bertz CT molecular complexity index is 397. The van der Waals surface area contributed by atoms with E-state index in [-0.39, 0.29) is 11.3 Å². The van der Waals surface area contributed by atoms with E-state index < -0.39 is 11.7 Å². The second-order valence-corrected chi connectivity index (χ2v) is 3.47. The lowest BCUT2D eigenvalue weighted by atomic mass is 9.97. The highest BCUT2D eigenvalue weighted by atomic mass is 35.5. The van der Waals surface area contributed by atoms with Crippen LogP contribution in [0.2, 0.25) is 0 Å². The van der Waals surface area contributed by atoms with Gasteiger partial charge in [-0.25, -0.2) is 4.79 Å². The number of carbonyl (C=O) groups is 1. The molecule has 0 aliphatic rings. The van der Waals surface area contributed by atoms with E-state index in [1.54, 1.807) is 20.8 Å². The molecular weight excluding hydrogens is 220 g/mol. The standard InChI is InChI=1S/C10H11ClO4/c1-4-5(2)7(10(14)15-11)9(13)8(12)6(4)3/h12-13H,1-3H3. The van der Waals surface area contributed by atoms with Crippen LogP contribution in [0, 0.1) is 20.8 Å². The molecule has 0 radical (unpaired) electrons. The number of phenols is 2. The van der Waals surface area contributed by atoms with Crippen LogP contribution in [0.4, 0.5) is 0 Å². The molecule has 0 saturated carbocycles. The van der Waals surface area contributed by atoms with Gasteiger partial charge in [-0.2, -0.15) is 0 Å². The molecule has 5 heteroatoms. The van der Waals surface area contributed by atoms with Crippen LogP contribution in [-0.2, 0) is 4.29 Å². The molecule has 0 atom stereocenters. The summed E-state index contributed by atoms with van der Waals surface area (Å²) in [6.45, 7) is 5.02. The number of hydrogen-bond acceptors (Lipinski definition) is 4. The van der Waals surface area contributed by atoms with Crippen LogP contribution in [0.5, 0.6) is 11.5 Å². The largest absolute Gasteiger partial charge is 0.504 e. The Balaban J connectivity index is 3.60. The summed E-state index contributed by atoms with van der Waals surface area (Å²) < 4.78 is 4.01. The molecule has 2 N–H and O–H groups in total. The lowest BCUT2D eigenvalue weighted by molar-refractivity contribution is 0.0746. The van der Waals surface area contributed by atoms with Gasteiger partial charge in [-0.1, -0.05) is 0 Å². The molecule has 0 unspecified atom stereocenters. The number of benzene rings is 1. The van der Waals surface area contributed by atoms with E-state index >= 15 is 0 Å². The number of halogens is 1. The van der Waals surface area contributed by atoms with Gasteiger partial charge in [0.15, 0.2) is 11.5 Å². The molecule has 0 aliphatic carbocycles. The van der Waals surface area contributed by atoms with Gasteiger partial charge in [0.25, 0.3) is 0 Å². The third-order valence-corrected chi connectivity index (χ3v) is 2.73. The minimum Gasteiger partial charge on any atom is -0.504 e. The second kappa shape index (κ2) is 3.98. The van der Waals surface area contributed by atoms with E-state index in [1.807, 2.05) is 0 Å². The monoisotopic (exact) mass is 230 g/mol. The van der Waals surface area contributed by atoms with Crippen molar-refractivity contribution >= 4 is 17.8 Å². The topological polar surface area (TPSA) is 66.8 Å². The molecule has 15 heavy (non-hydrogen) atoms. The zero-order chi connectivity index (χ0) is 11.7. The highest BCUT2D eigenvalue weighted by molar-refractivity contribution is 6.16. The molecule has 0 bridgehead atoms. The van der Waals surface area contributed by atoms with E-state index in [1.165, 1.54) is 0 Å². The molecule has 0 spiro atoms. The third-order valence-electron chi connectivity index (χ3n) is 2.59. The predicted molar refractivity (Wildman–Crippen MR) is 55.3 cm³/mol. The van der Waals surface area contributed by atoms with Crippen molar-refractivity contribution < 1.29 is 19.3 Å². The summed E-state index contributed by atoms with van der Waals surface area (Å²) in [5.41, 5.74) is 1.66. The van der Waals surface area contributed by atoms with Crippen molar-refractivity contribution in [3.05, 3.63) is 22.3 Å². The molecule has 0 aliphatic heterocycles. The van der Waals surface area contributed by atoms with Gasteiger partial charge in [0.05, 0.1) is 0 Å². The zero-order valence-corrected chi connectivity index (χ0v) is 9.34. The lowest BCUT2D eigenvalue weighted by Crippen LogP contribution is -2.05. The quantitative estimate of drug-likeness (QED) is 0.727. The number of carbonyl (C=O) groups excluding carboxylic acids is 1. The molecule has 0 heterocycles. The Kier molecular flexibility index (Phi) is 3.09. The van der Waals surface area contributed by atoms with Gasteiger partial charge in [-0.05, 0) is 37.5 Å². The average Bonchev–Trinajstić information content (AvgIpc) is 2.23. The van der Waals surface area contributed by atoms with Crippen molar-refractivity contribution in [3.63, 3.8) is 0 Å². The smallest absolute Gasteiger partial charge is 0.360 e. The molecule has 1 aromatic rings. The van der Waals surface area contributed by atoms with Gasteiger partial charge >= 0.3 is 5.97 Å². The Morgan fingerprint density at radius 3 is 2.07 bits per heavy atom. The molecule has 0 aromatic heterocycles. The fourth-order valence-corrected chi connectivity index (χ4v) is 1.49. The number of aromatic hydroxyl groups is 2. The Hall–Kier alpha value is -1.42. The maximum atomic E-state index is 11.2. The fourth-order valence-electron chi connectivity index (χ4n) is 1.41. The number of rotatable bonds is 1. The van der Waals surface area contributed by atoms with Crippen molar-refractivity contribution in [1.82, 2.24) is 0 Å². The van der Waals surface area contributed by atoms with E-state index in [9.17, 15) is 15.0 Å². The summed E-state index contributed by atoms with van der Waals surface area (Å²) in [4.78, 5) is 11.2. The van der Waals surface area contributed by atoms with E-state index in [0.29, 0.717) is 16.7 Å². The highest BCUT2D eigenvalue weighted by Gasteiger charge is 2.22. The van der Waals surface area contributed by atoms with Crippen LogP contribution in [0.1, 0.15) is 27.0 Å². The summed E-state index contributed by atoms with van der Waals surface area (Å²) in [5, 5.41) is 19.1. The van der Waals surface area contributed by atoms with Crippen molar-refractivity contribution in [2.75, 3.05) is 0 Å². The summed E-state index contributed by atoms with van der Waals surface area (Å²) >= 11 is 4.93. The minimum atomic E-state index is -0.884. The maximum Gasteiger partial charge on any atom is 0.360 e. The van der Waals surface area contributed by atoms with Crippen molar-refractivity contribution in [2.45, 2.75) is 20.8 Å². The molecule has 1 aromatic carbocycles. The van der Waals surface area contributed by atoms with Crippen LogP contribution in [0.15, 0.2) is 0 Å². The summed E-state index contributed by atoms with van der Waals surface area (Å²) in [5.74, 6) is -1.71. The first-order valence-electron chi connectivity index (χ1n) is 4.26. The van der Waals surface area contributed by atoms with Gasteiger partial charge in [0.1, 0.15) is 17.4 Å². The summed E-state index contributed by atoms with van der Waals surface area (Å²) in [7, 11) is 0.